The van der Waals surface area contributed by atoms with E-state index in [1.165, 1.54) is 57.1 Å². The second-order valence-corrected chi connectivity index (χ2v) is 7.73. The van der Waals surface area contributed by atoms with Crippen LogP contribution < -0.4 is 10.6 Å². The first-order valence-corrected chi connectivity index (χ1v) is 10.5. The number of piperidine rings is 1. The van der Waals surface area contributed by atoms with Crippen molar-refractivity contribution >= 4 is 29.9 Å². The lowest BCUT2D eigenvalue weighted by Gasteiger charge is -2.40. The zero-order valence-electron chi connectivity index (χ0n) is 16.9. The molecule has 2 N–H and O–H groups in total. The monoisotopic (exact) mass is 485 g/mol. The second kappa shape index (κ2) is 11.8. The van der Waals surface area contributed by atoms with Crippen molar-refractivity contribution < 1.29 is 0 Å². The summed E-state index contributed by atoms with van der Waals surface area (Å²) in [4.78, 5) is 12.0. The quantitative estimate of drug-likeness (QED) is 0.378. The van der Waals surface area contributed by atoms with Gasteiger partial charge in [0.1, 0.15) is 0 Å². The largest absolute Gasteiger partial charge is 0.357 e. The van der Waals surface area contributed by atoms with Gasteiger partial charge in [-0.3, -0.25) is 9.88 Å². The lowest BCUT2D eigenvalue weighted by atomic mass is 9.92. The van der Waals surface area contributed by atoms with Crippen molar-refractivity contribution in [2.45, 2.75) is 77.4 Å². The van der Waals surface area contributed by atoms with Gasteiger partial charge in [0, 0.05) is 31.4 Å². The maximum Gasteiger partial charge on any atom is 0.191 e. The van der Waals surface area contributed by atoms with Crippen LogP contribution in [-0.4, -0.2) is 47.6 Å². The maximum absolute atomic E-state index is 4.79. The van der Waals surface area contributed by atoms with Crippen LogP contribution in [0.15, 0.2) is 23.3 Å². The van der Waals surface area contributed by atoms with E-state index < -0.39 is 0 Å². The molecule has 27 heavy (non-hydrogen) atoms. The average Bonchev–Trinajstić information content (AvgIpc) is 2.68. The SMILES string of the molecule is CCNC(=NCc1ncccc1C)NC1CCCN(C2CCCCC2)C1.I. The summed E-state index contributed by atoms with van der Waals surface area (Å²) in [6.07, 6.45) is 11.4. The van der Waals surface area contributed by atoms with Gasteiger partial charge < -0.3 is 10.6 Å². The van der Waals surface area contributed by atoms with Crippen molar-refractivity contribution in [1.29, 1.82) is 0 Å². The Kier molecular flexibility index (Phi) is 9.82. The third-order valence-corrected chi connectivity index (χ3v) is 5.73. The molecule has 1 atom stereocenters. The number of nitrogens with one attached hydrogen (secondary N) is 2. The number of aryl methyl sites for hydroxylation is 1. The predicted octanol–water partition coefficient (Wildman–Crippen LogP) is 3.86. The third-order valence-electron chi connectivity index (χ3n) is 5.73. The summed E-state index contributed by atoms with van der Waals surface area (Å²) < 4.78 is 0. The molecule has 1 unspecified atom stereocenters. The number of guanidine groups is 1. The Balaban J connectivity index is 0.00000261. The standard InChI is InChI=1S/C21H35N5.HI/c1-3-22-21(24-15-20-17(2)9-7-13-23-20)25-18-10-8-14-26(16-18)19-11-5-4-6-12-19;/h7,9,13,18-19H,3-6,8,10-12,14-16H2,1-2H3,(H2,22,24,25);1H. The highest BCUT2D eigenvalue weighted by Gasteiger charge is 2.27. The van der Waals surface area contributed by atoms with E-state index in [4.69, 9.17) is 4.99 Å². The number of halogens is 1. The van der Waals surface area contributed by atoms with Crippen LogP contribution in [0.25, 0.3) is 0 Å². The van der Waals surface area contributed by atoms with E-state index in [1.807, 2.05) is 12.3 Å². The van der Waals surface area contributed by atoms with E-state index in [-0.39, 0.29) is 24.0 Å². The molecule has 1 aliphatic heterocycles. The van der Waals surface area contributed by atoms with Crippen molar-refractivity contribution in [1.82, 2.24) is 20.5 Å². The average molecular weight is 485 g/mol. The molecule has 0 bridgehead atoms. The Bertz CT molecular complexity index is 586. The van der Waals surface area contributed by atoms with Gasteiger partial charge in [-0.25, -0.2) is 4.99 Å². The van der Waals surface area contributed by atoms with Crippen LogP contribution in [-0.2, 0) is 6.54 Å². The minimum atomic E-state index is 0. The van der Waals surface area contributed by atoms with E-state index in [0.29, 0.717) is 12.6 Å². The molecule has 6 heteroatoms. The molecule has 0 radical (unpaired) electrons. The van der Waals surface area contributed by atoms with Crippen LogP contribution in [0.5, 0.6) is 0 Å². The molecule has 2 aliphatic rings. The van der Waals surface area contributed by atoms with Gasteiger partial charge in [-0.1, -0.05) is 25.3 Å². The van der Waals surface area contributed by atoms with Gasteiger partial charge in [-0.2, -0.15) is 0 Å². The molecule has 1 saturated carbocycles. The number of pyridine rings is 1. The third kappa shape index (κ3) is 6.89. The Morgan fingerprint density at radius 2 is 2.04 bits per heavy atom. The summed E-state index contributed by atoms with van der Waals surface area (Å²) in [6, 6.07) is 5.38. The first-order chi connectivity index (χ1) is 12.8. The Morgan fingerprint density at radius 3 is 2.78 bits per heavy atom. The topological polar surface area (TPSA) is 52.6 Å². The molecule has 0 aromatic carbocycles. The van der Waals surface area contributed by atoms with Crippen LogP contribution in [0.3, 0.4) is 0 Å². The van der Waals surface area contributed by atoms with Crippen LogP contribution in [0.1, 0.15) is 63.1 Å². The number of hydrogen-bond donors (Lipinski definition) is 2. The first kappa shape index (κ1) is 22.4. The molecule has 1 saturated heterocycles. The Morgan fingerprint density at radius 1 is 1.22 bits per heavy atom. The number of likely N-dealkylation sites (tertiary alicyclic amines) is 1. The van der Waals surface area contributed by atoms with E-state index in [0.717, 1.165) is 30.8 Å². The van der Waals surface area contributed by atoms with Crippen LogP contribution in [0, 0.1) is 6.92 Å². The number of rotatable bonds is 5. The normalized spacial score (nSPS) is 22.1. The molecule has 2 fully saturated rings. The van der Waals surface area contributed by atoms with Crippen molar-refractivity contribution in [3.63, 3.8) is 0 Å². The summed E-state index contributed by atoms with van der Waals surface area (Å²) in [7, 11) is 0. The minimum Gasteiger partial charge on any atom is -0.357 e. The van der Waals surface area contributed by atoms with E-state index in [2.05, 4.69) is 40.4 Å². The molecule has 2 heterocycles. The summed E-state index contributed by atoms with van der Waals surface area (Å²) >= 11 is 0. The van der Waals surface area contributed by atoms with E-state index >= 15 is 0 Å². The smallest absolute Gasteiger partial charge is 0.191 e. The lowest BCUT2D eigenvalue weighted by molar-refractivity contribution is 0.115. The molecule has 1 aromatic rings. The Hall–Kier alpha value is -0.890. The van der Waals surface area contributed by atoms with Gasteiger partial charge in [0.05, 0.1) is 12.2 Å². The fourth-order valence-electron chi connectivity index (χ4n) is 4.25. The Labute approximate surface area is 181 Å². The second-order valence-electron chi connectivity index (χ2n) is 7.73. The van der Waals surface area contributed by atoms with Gasteiger partial charge >= 0.3 is 0 Å². The molecule has 3 rings (SSSR count). The first-order valence-electron chi connectivity index (χ1n) is 10.5. The molecule has 0 spiro atoms. The fraction of sp³-hybridized carbons (Fsp3) is 0.714. The van der Waals surface area contributed by atoms with Gasteiger partial charge in [-0.15, -0.1) is 24.0 Å². The van der Waals surface area contributed by atoms with Crippen molar-refractivity contribution in [3.05, 3.63) is 29.6 Å². The van der Waals surface area contributed by atoms with Gasteiger partial charge in [-0.05, 0) is 57.7 Å². The number of hydrogen-bond acceptors (Lipinski definition) is 3. The van der Waals surface area contributed by atoms with Crippen molar-refractivity contribution in [2.75, 3.05) is 19.6 Å². The van der Waals surface area contributed by atoms with Crippen LogP contribution in [0.2, 0.25) is 0 Å². The number of nitrogens with zero attached hydrogens (tertiary/aromatic N) is 3. The molecule has 1 aromatic heterocycles. The van der Waals surface area contributed by atoms with Crippen LogP contribution in [0.4, 0.5) is 0 Å². The van der Waals surface area contributed by atoms with Crippen LogP contribution >= 0.6 is 24.0 Å². The highest BCUT2D eigenvalue weighted by Crippen LogP contribution is 2.25. The highest BCUT2D eigenvalue weighted by molar-refractivity contribution is 14.0. The summed E-state index contributed by atoms with van der Waals surface area (Å²) in [5, 5.41) is 7.09. The van der Waals surface area contributed by atoms with Gasteiger partial charge in [0.15, 0.2) is 5.96 Å². The lowest BCUT2D eigenvalue weighted by Crippen LogP contribution is -2.53. The fourth-order valence-corrected chi connectivity index (χ4v) is 4.25. The molecule has 5 nitrogen and oxygen atoms in total. The van der Waals surface area contributed by atoms with E-state index in [1.54, 1.807) is 0 Å². The summed E-state index contributed by atoms with van der Waals surface area (Å²) in [5.41, 5.74) is 2.26. The van der Waals surface area contributed by atoms with Crippen molar-refractivity contribution in [2.24, 2.45) is 4.99 Å². The summed E-state index contributed by atoms with van der Waals surface area (Å²) in [6.45, 7) is 8.15. The van der Waals surface area contributed by atoms with Gasteiger partial charge in [0.2, 0.25) is 0 Å². The van der Waals surface area contributed by atoms with E-state index in [9.17, 15) is 0 Å². The predicted molar refractivity (Wildman–Crippen MR) is 124 cm³/mol. The molecule has 1 aliphatic carbocycles. The molecular formula is C21H36IN5. The van der Waals surface area contributed by atoms with Crippen molar-refractivity contribution in [3.8, 4) is 0 Å². The molecule has 152 valence electrons. The number of aromatic nitrogens is 1. The maximum atomic E-state index is 4.79. The zero-order valence-corrected chi connectivity index (χ0v) is 19.2. The molecule has 0 amide bonds. The highest BCUT2D eigenvalue weighted by atomic mass is 127. The summed E-state index contributed by atoms with van der Waals surface area (Å²) in [5.74, 6) is 0.924. The minimum absolute atomic E-state index is 0. The number of aliphatic imine (C=N–C) groups is 1. The zero-order chi connectivity index (χ0) is 18.2. The molecular weight excluding hydrogens is 449 g/mol. The van der Waals surface area contributed by atoms with Gasteiger partial charge in [0.25, 0.3) is 0 Å².